The van der Waals surface area contributed by atoms with Gasteiger partial charge in [0.25, 0.3) is 0 Å². The van der Waals surface area contributed by atoms with Crippen molar-refractivity contribution >= 4 is 12.4 Å². The molecular formula is C12H20F3NO3. The fourth-order valence-corrected chi connectivity index (χ4v) is 1.24. The van der Waals surface area contributed by atoms with Crippen molar-refractivity contribution in [2.75, 3.05) is 7.05 Å². The highest BCUT2D eigenvalue weighted by atomic mass is 19.4. The van der Waals surface area contributed by atoms with Crippen LogP contribution in [-0.2, 0) is 9.53 Å². The Morgan fingerprint density at radius 1 is 1.16 bits per heavy atom. The van der Waals surface area contributed by atoms with Crippen LogP contribution in [0.4, 0.5) is 18.0 Å². The molecule has 4 nitrogen and oxygen atoms in total. The van der Waals surface area contributed by atoms with Crippen LogP contribution in [0.25, 0.3) is 0 Å². The van der Waals surface area contributed by atoms with E-state index in [1.54, 1.807) is 20.8 Å². The summed E-state index contributed by atoms with van der Waals surface area (Å²) in [5.74, 6) is 0. The van der Waals surface area contributed by atoms with E-state index in [9.17, 15) is 22.8 Å². The maximum absolute atomic E-state index is 12.2. The Morgan fingerprint density at radius 2 is 1.63 bits per heavy atom. The van der Waals surface area contributed by atoms with Crippen molar-refractivity contribution in [2.24, 2.45) is 0 Å². The van der Waals surface area contributed by atoms with Crippen molar-refractivity contribution in [1.29, 1.82) is 0 Å². The average Bonchev–Trinajstić information content (AvgIpc) is 2.21. The Hall–Kier alpha value is -1.27. The van der Waals surface area contributed by atoms with Gasteiger partial charge in [-0.2, -0.15) is 13.2 Å². The topological polar surface area (TPSA) is 46.6 Å². The third-order valence-corrected chi connectivity index (χ3v) is 2.60. The van der Waals surface area contributed by atoms with Crippen molar-refractivity contribution in [1.82, 2.24) is 4.90 Å². The average molecular weight is 283 g/mol. The van der Waals surface area contributed by atoms with Crippen LogP contribution in [0.5, 0.6) is 0 Å². The summed E-state index contributed by atoms with van der Waals surface area (Å²) in [6.07, 6.45) is -6.52. The molecule has 19 heavy (non-hydrogen) atoms. The normalized spacial score (nSPS) is 15.6. The molecule has 0 fully saturated rings. The van der Waals surface area contributed by atoms with Gasteiger partial charge in [0.05, 0.1) is 5.54 Å². The minimum atomic E-state index is -4.38. The summed E-state index contributed by atoms with van der Waals surface area (Å²) in [5.41, 5.74) is -2.32. The second kappa shape index (κ2) is 5.79. The number of alkyl halides is 3. The standard InChI is InChI=1S/C12H20F3NO3/c1-10(2,3)19-9(18)16(5)11(4,8-17)6-7-12(13,14)15/h8H,6-7H2,1-5H3. The quantitative estimate of drug-likeness (QED) is 0.745. The molecule has 0 aromatic rings. The van der Waals surface area contributed by atoms with Gasteiger partial charge in [0.2, 0.25) is 0 Å². The number of carbonyl (C=O) groups is 2. The molecule has 0 aliphatic heterocycles. The first-order valence-electron chi connectivity index (χ1n) is 5.81. The molecule has 112 valence electrons. The van der Waals surface area contributed by atoms with Crippen LogP contribution < -0.4 is 0 Å². The van der Waals surface area contributed by atoms with E-state index in [1.165, 1.54) is 14.0 Å². The fourth-order valence-electron chi connectivity index (χ4n) is 1.24. The second-order valence-corrected chi connectivity index (χ2v) is 5.63. The lowest BCUT2D eigenvalue weighted by molar-refractivity contribution is -0.143. The number of halogens is 3. The van der Waals surface area contributed by atoms with Crippen molar-refractivity contribution in [2.45, 2.75) is 57.9 Å². The summed E-state index contributed by atoms with van der Waals surface area (Å²) in [7, 11) is 1.25. The Bertz CT molecular complexity index is 336. The predicted octanol–water partition coefficient (Wildman–Crippen LogP) is 3.15. The number of aldehydes is 1. The van der Waals surface area contributed by atoms with Gasteiger partial charge in [-0.25, -0.2) is 4.79 Å². The Morgan fingerprint density at radius 3 is 1.95 bits per heavy atom. The number of likely N-dealkylation sites (N-methyl/N-ethyl adjacent to an activating group) is 1. The molecule has 0 saturated carbocycles. The zero-order chi connectivity index (χ0) is 15.5. The number of hydrogen-bond acceptors (Lipinski definition) is 3. The first kappa shape index (κ1) is 17.7. The maximum atomic E-state index is 12.2. The third kappa shape index (κ3) is 6.45. The lowest BCUT2D eigenvalue weighted by Gasteiger charge is -2.35. The largest absolute Gasteiger partial charge is 0.444 e. The highest BCUT2D eigenvalue weighted by Crippen LogP contribution is 2.28. The molecule has 0 saturated heterocycles. The number of ether oxygens (including phenoxy) is 1. The van der Waals surface area contributed by atoms with Crippen LogP contribution in [0.1, 0.15) is 40.5 Å². The van der Waals surface area contributed by atoms with Crippen LogP contribution >= 0.6 is 0 Å². The number of carbonyl (C=O) groups excluding carboxylic acids is 2. The lowest BCUT2D eigenvalue weighted by atomic mass is 9.96. The van der Waals surface area contributed by atoms with Gasteiger partial charge >= 0.3 is 12.3 Å². The molecule has 0 spiro atoms. The molecule has 0 bridgehead atoms. The third-order valence-electron chi connectivity index (χ3n) is 2.60. The van der Waals surface area contributed by atoms with Gasteiger partial charge in [-0.05, 0) is 34.1 Å². The van der Waals surface area contributed by atoms with E-state index in [4.69, 9.17) is 4.74 Å². The second-order valence-electron chi connectivity index (χ2n) is 5.63. The van der Waals surface area contributed by atoms with E-state index in [0.29, 0.717) is 6.29 Å². The zero-order valence-corrected chi connectivity index (χ0v) is 11.8. The Balaban J connectivity index is 4.82. The van der Waals surface area contributed by atoms with Crippen LogP contribution in [0, 0.1) is 0 Å². The highest BCUT2D eigenvalue weighted by molar-refractivity contribution is 5.76. The van der Waals surface area contributed by atoms with Crippen LogP contribution in [0.2, 0.25) is 0 Å². The zero-order valence-electron chi connectivity index (χ0n) is 11.8. The molecular weight excluding hydrogens is 263 g/mol. The van der Waals surface area contributed by atoms with Crippen LogP contribution in [0.15, 0.2) is 0 Å². The SMILES string of the molecule is CN(C(=O)OC(C)(C)C)C(C)(C=O)CCC(F)(F)F. The fraction of sp³-hybridized carbons (Fsp3) is 0.833. The van der Waals surface area contributed by atoms with Crippen molar-refractivity contribution in [3.8, 4) is 0 Å². The number of rotatable bonds is 4. The summed E-state index contributed by atoms with van der Waals surface area (Å²) in [6, 6.07) is 0. The molecule has 0 N–H and O–H groups in total. The number of nitrogens with zero attached hydrogens (tertiary/aromatic N) is 1. The molecule has 0 aromatic heterocycles. The van der Waals surface area contributed by atoms with E-state index in [2.05, 4.69) is 0 Å². The summed E-state index contributed by atoms with van der Waals surface area (Å²) < 4.78 is 41.6. The molecule has 0 heterocycles. The Kier molecular flexibility index (Phi) is 5.41. The number of amides is 1. The summed E-state index contributed by atoms with van der Waals surface area (Å²) in [6.45, 7) is 6.17. The molecule has 0 radical (unpaired) electrons. The van der Waals surface area contributed by atoms with Gasteiger partial charge in [-0.3, -0.25) is 4.90 Å². The molecule has 0 aromatic carbocycles. The van der Waals surface area contributed by atoms with E-state index >= 15 is 0 Å². The minimum Gasteiger partial charge on any atom is -0.444 e. The molecule has 1 unspecified atom stereocenters. The summed E-state index contributed by atoms with van der Waals surface area (Å²) in [5, 5.41) is 0. The van der Waals surface area contributed by atoms with Gasteiger partial charge in [0.1, 0.15) is 11.9 Å². The minimum absolute atomic E-state index is 0.336. The molecule has 1 amide bonds. The number of hydrogen-bond donors (Lipinski definition) is 0. The molecule has 0 rings (SSSR count). The molecule has 7 heteroatoms. The summed E-state index contributed by atoms with van der Waals surface area (Å²) >= 11 is 0. The van der Waals surface area contributed by atoms with Gasteiger partial charge in [-0.1, -0.05) is 0 Å². The van der Waals surface area contributed by atoms with E-state index in [-0.39, 0.29) is 0 Å². The smallest absolute Gasteiger partial charge is 0.410 e. The highest BCUT2D eigenvalue weighted by Gasteiger charge is 2.39. The van der Waals surface area contributed by atoms with Crippen molar-refractivity contribution in [3.63, 3.8) is 0 Å². The maximum Gasteiger partial charge on any atom is 0.410 e. The molecule has 1 atom stereocenters. The first-order chi connectivity index (χ1) is 8.31. The lowest BCUT2D eigenvalue weighted by Crippen LogP contribution is -2.50. The van der Waals surface area contributed by atoms with Crippen LogP contribution in [0.3, 0.4) is 0 Å². The first-order valence-corrected chi connectivity index (χ1v) is 5.81. The van der Waals surface area contributed by atoms with Gasteiger partial charge < -0.3 is 9.53 Å². The van der Waals surface area contributed by atoms with Gasteiger partial charge in [0.15, 0.2) is 0 Å². The van der Waals surface area contributed by atoms with Crippen molar-refractivity contribution < 1.29 is 27.5 Å². The van der Waals surface area contributed by atoms with Crippen LogP contribution in [-0.4, -0.2) is 41.6 Å². The van der Waals surface area contributed by atoms with E-state index in [0.717, 1.165) is 4.90 Å². The van der Waals surface area contributed by atoms with Crippen molar-refractivity contribution in [3.05, 3.63) is 0 Å². The van der Waals surface area contributed by atoms with E-state index in [1.807, 2.05) is 0 Å². The summed E-state index contributed by atoms with van der Waals surface area (Å²) in [4.78, 5) is 23.7. The monoisotopic (exact) mass is 283 g/mol. The predicted molar refractivity (Wildman–Crippen MR) is 63.8 cm³/mol. The van der Waals surface area contributed by atoms with Gasteiger partial charge in [0, 0.05) is 13.5 Å². The van der Waals surface area contributed by atoms with Gasteiger partial charge in [-0.15, -0.1) is 0 Å². The van der Waals surface area contributed by atoms with E-state index < -0.39 is 36.3 Å². The Labute approximate surface area is 110 Å². The molecule has 0 aliphatic rings. The molecule has 0 aliphatic carbocycles.